The summed E-state index contributed by atoms with van der Waals surface area (Å²) in [7, 11) is -0.788. The van der Waals surface area contributed by atoms with Crippen molar-refractivity contribution in [2.75, 3.05) is 14.2 Å². The van der Waals surface area contributed by atoms with Gasteiger partial charge in [-0.15, -0.1) is 0 Å². The van der Waals surface area contributed by atoms with Crippen LogP contribution in [0.15, 0.2) is 40.3 Å². The number of nitrogens with one attached hydrogen (secondary N) is 1. The van der Waals surface area contributed by atoms with Gasteiger partial charge >= 0.3 is 0 Å². The highest BCUT2D eigenvalue weighted by atomic mass is 35.5. The van der Waals surface area contributed by atoms with E-state index < -0.39 is 10.0 Å². The lowest BCUT2D eigenvalue weighted by Gasteiger charge is -2.10. The Morgan fingerprint density at radius 2 is 1.84 bits per heavy atom. The zero-order valence-electron chi connectivity index (χ0n) is 14.3. The Balaban J connectivity index is 2.24. The summed E-state index contributed by atoms with van der Waals surface area (Å²) in [5.41, 5.74) is 2.20. The van der Waals surface area contributed by atoms with E-state index in [0.717, 1.165) is 5.56 Å². The van der Waals surface area contributed by atoms with Crippen LogP contribution in [-0.2, 0) is 10.0 Å². The first kappa shape index (κ1) is 19.1. The van der Waals surface area contributed by atoms with Crippen molar-refractivity contribution < 1.29 is 17.9 Å². The Labute approximate surface area is 152 Å². The molecule has 0 aromatic heterocycles. The summed E-state index contributed by atoms with van der Waals surface area (Å²) in [6, 6.07) is 8.32. The molecule has 2 aromatic rings. The van der Waals surface area contributed by atoms with Crippen LogP contribution in [0.4, 0.5) is 0 Å². The monoisotopic (exact) mass is 382 g/mol. The lowest BCUT2D eigenvalue weighted by molar-refractivity contribution is 0.355. The number of hydrogen-bond donors (Lipinski definition) is 1. The SMILES string of the molecule is COc1cc(/C=N/NS(=O)(=O)c2ccc(C)cc2C)cc(Cl)c1OC. The first-order valence-corrected chi connectivity index (χ1v) is 9.18. The molecule has 0 saturated carbocycles. The summed E-state index contributed by atoms with van der Waals surface area (Å²) in [6.45, 7) is 3.63. The number of benzene rings is 2. The molecule has 1 N–H and O–H groups in total. The largest absolute Gasteiger partial charge is 0.493 e. The minimum absolute atomic E-state index is 0.181. The molecule has 0 bridgehead atoms. The third-order valence-corrected chi connectivity index (χ3v) is 5.13. The number of nitrogens with zero attached hydrogens (tertiary/aromatic N) is 1. The molecule has 0 heterocycles. The Morgan fingerprint density at radius 3 is 2.44 bits per heavy atom. The molecule has 0 aliphatic heterocycles. The summed E-state index contributed by atoms with van der Waals surface area (Å²) >= 11 is 6.11. The van der Waals surface area contributed by atoms with Gasteiger partial charge in [-0.05, 0) is 43.2 Å². The second kappa shape index (κ2) is 7.76. The van der Waals surface area contributed by atoms with Gasteiger partial charge in [0.2, 0.25) is 0 Å². The van der Waals surface area contributed by atoms with E-state index in [9.17, 15) is 8.42 Å². The molecule has 0 radical (unpaired) electrons. The fraction of sp³-hybridized carbons (Fsp3) is 0.235. The van der Waals surface area contributed by atoms with E-state index in [1.165, 1.54) is 20.4 Å². The minimum Gasteiger partial charge on any atom is -0.493 e. The van der Waals surface area contributed by atoms with Crippen LogP contribution in [0.25, 0.3) is 0 Å². The number of aryl methyl sites for hydroxylation is 2. The zero-order chi connectivity index (χ0) is 18.6. The average molecular weight is 383 g/mol. The summed E-state index contributed by atoms with van der Waals surface area (Å²) in [5.74, 6) is 0.825. The zero-order valence-corrected chi connectivity index (χ0v) is 15.9. The van der Waals surface area contributed by atoms with Crippen LogP contribution in [-0.4, -0.2) is 28.9 Å². The van der Waals surface area contributed by atoms with E-state index in [-0.39, 0.29) is 4.90 Å². The van der Waals surface area contributed by atoms with Gasteiger partial charge in [-0.1, -0.05) is 29.3 Å². The highest BCUT2D eigenvalue weighted by Crippen LogP contribution is 2.35. The van der Waals surface area contributed by atoms with Crippen molar-refractivity contribution in [2.45, 2.75) is 18.7 Å². The normalized spacial score (nSPS) is 11.6. The number of ether oxygens (including phenoxy) is 2. The Bertz CT molecular complexity index is 911. The van der Waals surface area contributed by atoms with Crippen molar-refractivity contribution in [3.05, 3.63) is 52.0 Å². The molecule has 2 rings (SSSR count). The van der Waals surface area contributed by atoms with E-state index in [2.05, 4.69) is 9.93 Å². The van der Waals surface area contributed by atoms with Crippen molar-refractivity contribution in [1.29, 1.82) is 0 Å². The Kier molecular flexibility index (Phi) is 5.92. The van der Waals surface area contributed by atoms with Gasteiger partial charge in [0.05, 0.1) is 30.4 Å². The third kappa shape index (κ3) is 4.43. The molecule has 0 unspecified atom stereocenters. The van der Waals surface area contributed by atoms with Gasteiger partial charge < -0.3 is 9.47 Å². The van der Waals surface area contributed by atoms with Gasteiger partial charge in [0.15, 0.2) is 11.5 Å². The maximum absolute atomic E-state index is 12.3. The van der Waals surface area contributed by atoms with Crippen molar-refractivity contribution in [3.8, 4) is 11.5 Å². The number of halogens is 1. The first-order chi connectivity index (χ1) is 11.8. The van der Waals surface area contributed by atoms with Crippen molar-refractivity contribution in [2.24, 2.45) is 5.10 Å². The molecular formula is C17H19ClN2O4S. The Morgan fingerprint density at radius 1 is 1.12 bits per heavy atom. The summed E-state index contributed by atoms with van der Waals surface area (Å²) < 4.78 is 35.0. The molecule has 2 aromatic carbocycles. The van der Waals surface area contributed by atoms with Gasteiger partial charge in [-0.3, -0.25) is 0 Å². The van der Waals surface area contributed by atoms with Gasteiger partial charge in [0.25, 0.3) is 10.0 Å². The summed E-state index contributed by atoms with van der Waals surface area (Å²) in [4.78, 5) is 2.38. The smallest absolute Gasteiger partial charge is 0.276 e. The maximum atomic E-state index is 12.3. The van der Waals surface area contributed by atoms with E-state index in [4.69, 9.17) is 21.1 Å². The van der Waals surface area contributed by atoms with Crippen LogP contribution in [0.1, 0.15) is 16.7 Å². The lowest BCUT2D eigenvalue weighted by atomic mass is 10.2. The maximum Gasteiger partial charge on any atom is 0.276 e. The molecule has 0 aliphatic rings. The predicted octanol–water partition coefficient (Wildman–Crippen LogP) is 3.29. The van der Waals surface area contributed by atoms with Crippen LogP contribution in [0.2, 0.25) is 5.02 Å². The molecule has 0 saturated heterocycles. The number of hydrazone groups is 1. The summed E-state index contributed by atoms with van der Waals surface area (Å²) in [6.07, 6.45) is 1.34. The third-order valence-electron chi connectivity index (χ3n) is 3.46. The van der Waals surface area contributed by atoms with E-state index >= 15 is 0 Å². The minimum atomic E-state index is -3.75. The second-order valence-electron chi connectivity index (χ2n) is 5.36. The predicted molar refractivity (Wildman–Crippen MR) is 98.4 cm³/mol. The average Bonchev–Trinajstić information content (AvgIpc) is 2.53. The molecule has 6 nitrogen and oxygen atoms in total. The first-order valence-electron chi connectivity index (χ1n) is 7.32. The number of methoxy groups -OCH3 is 2. The number of sulfonamides is 1. The summed E-state index contributed by atoms with van der Waals surface area (Å²) in [5, 5.41) is 4.14. The molecule has 0 amide bonds. The van der Waals surface area contributed by atoms with Gasteiger partial charge in [0.1, 0.15) is 0 Å². The standard InChI is InChI=1S/C17H19ClN2O4S/c1-11-5-6-16(12(2)7-11)25(21,22)20-19-10-13-8-14(18)17(24-4)15(9-13)23-3/h5-10,20H,1-4H3/b19-10+. The van der Waals surface area contributed by atoms with Crippen LogP contribution in [0.3, 0.4) is 0 Å². The molecule has 0 spiro atoms. The van der Waals surface area contributed by atoms with Crippen molar-refractivity contribution in [3.63, 3.8) is 0 Å². The molecule has 0 fully saturated rings. The Hall–Kier alpha value is -2.25. The van der Waals surface area contributed by atoms with Gasteiger partial charge in [0, 0.05) is 0 Å². The molecule has 0 aliphatic carbocycles. The van der Waals surface area contributed by atoms with Crippen LogP contribution >= 0.6 is 11.6 Å². The van der Waals surface area contributed by atoms with Crippen molar-refractivity contribution in [1.82, 2.24) is 4.83 Å². The quantitative estimate of drug-likeness (QED) is 0.614. The van der Waals surface area contributed by atoms with Crippen LogP contribution < -0.4 is 14.3 Å². The van der Waals surface area contributed by atoms with Crippen LogP contribution in [0.5, 0.6) is 11.5 Å². The van der Waals surface area contributed by atoms with Gasteiger partial charge in [-0.25, -0.2) is 4.83 Å². The molecule has 0 atom stereocenters. The van der Waals surface area contributed by atoms with E-state index in [1.807, 2.05) is 6.92 Å². The van der Waals surface area contributed by atoms with E-state index in [1.54, 1.807) is 37.3 Å². The molecule has 25 heavy (non-hydrogen) atoms. The topological polar surface area (TPSA) is 77.0 Å². The highest BCUT2D eigenvalue weighted by Gasteiger charge is 2.15. The second-order valence-corrected chi connectivity index (χ2v) is 7.40. The number of hydrogen-bond acceptors (Lipinski definition) is 5. The molecule has 134 valence electrons. The lowest BCUT2D eigenvalue weighted by Crippen LogP contribution is -2.19. The molecular weight excluding hydrogens is 364 g/mol. The van der Waals surface area contributed by atoms with E-state index in [0.29, 0.717) is 27.6 Å². The van der Waals surface area contributed by atoms with Crippen LogP contribution in [0, 0.1) is 13.8 Å². The van der Waals surface area contributed by atoms with Crippen molar-refractivity contribution >= 4 is 27.8 Å². The fourth-order valence-electron chi connectivity index (χ4n) is 2.33. The fourth-order valence-corrected chi connectivity index (χ4v) is 3.65. The molecule has 8 heteroatoms. The van der Waals surface area contributed by atoms with Gasteiger partial charge in [-0.2, -0.15) is 13.5 Å². The number of rotatable bonds is 6. The highest BCUT2D eigenvalue weighted by molar-refractivity contribution is 7.89.